The predicted octanol–water partition coefficient (Wildman–Crippen LogP) is 4.13. The molecule has 144 valence electrons. The van der Waals surface area contributed by atoms with Crippen molar-refractivity contribution in [3.8, 4) is 5.75 Å². The fourth-order valence-corrected chi connectivity index (χ4v) is 2.47. The van der Waals surface area contributed by atoms with Crippen LogP contribution in [0.25, 0.3) is 0 Å². The number of carbonyl (C=O) groups is 2. The number of benzene rings is 2. The molecule has 2 rings (SSSR count). The highest BCUT2D eigenvalue weighted by molar-refractivity contribution is 5.94. The van der Waals surface area contributed by atoms with Crippen LogP contribution in [0.3, 0.4) is 0 Å². The second kappa shape index (κ2) is 9.62. The number of hydrogen-bond acceptors (Lipinski definition) is 3. The summed E-state index contributed by atoms with van der Waals surface area (Å²) < 4.78 is 0. The minimum Gasteiger partial charge on any atom is -0.508 e. The van der Waals surface area contributed by atoms with Crippen LogP contribution in [0.2, 0.25) is 0 Å². The van der Waals surface area contributed by atoms with Gasteiger partial charge in [0.25, 0.3) is 0 Å². The quantitative estimate of drug-likeness (QED) is 0.591. The molecule has 0 saturated carbocycles. The predicted molar refractivity (Wildman–Crippen MR) is 108 cm³/mol. The topological polar surface area (TPSA) is 90.5 Å². The van der Waals surface area contributed by atoms with Crippen molar-refractivity contribution in [2.45, 2.75) is 39.7 Å². The first kappa shape index (κ1) is 20.3. The van der Waals surface area contributed by atoms with E-state index in [0.717, 1.165) is 18.4 Å². The number of nitrogens with one attached hydrogen (secondary N) is 3. The van der Waals surface area contributed by atoms with E-state index < -0.39 is 0 Å². The summed E-state index contributed by atoms with van der Waals surface area (Å²) in [5, 5.41) is 17.8. The Morgan fingerprint density at radius 2 is 1.59 bits per heavy atom. The number of anilines is 2. The molecular weight excluding hydrogens is 342 g/mol. The lowest BCUT2D eigenvalue weighted by atomic mass is 10.1. The third-order valence-corrected chi connectivity index (χ3v) is 4.09. The number of aryl methyl sites for hydroxylation is 1. The lowest BCUT2D eigenvalue weighted by Crippen LogP contribution is -2.36. The van der Waals surface area contributed by atoms with Crippen LogP contribution < -0.4 is 16.0 Å². The third kappa shape index (κ3) is 7.01. The molecule has 6 heteroatoms. The first-order chi connectivity index (χ1) is 12.8. The first-order valence-corrected chi connectivity index (χ1v) is 9.10. The van der Waals surface area contributed by atoms with E-state index in [2.05, 4.69) is 16.0 Å². The van der Waals surface area contributed by atoms with Crippen molar-refractivity contribution in [2.24, 2.45) is 5.92 Å². The molecule has 6 nitrogen and oxygen atoms in total. The van der Waals surface area contributed by atoms with E-state index in [1.54, 1.807) is 36.4 Å². The molecule has 3 amide bonds. The number of rotatable bonds is 7. The van der Waals surface area contributed by atoms with Crippen LogP contribution in [0.1, 0.15) is 32.8 Å². The van der Waals surface area contributed by atoms with E-state index in [1.165, 1.54) is 0 Å². The van der Waals surface area contributed by atoms with E-state index in [0.29, 0.717) is 11.4 Å². The Kier molecular flexibility index (Phi) is 7.23. The molecule has 0 radical (unpaired) electrons. The highest BCUT2D eigenvalue weighted by atomic mass is 16.3. The van der Waals surface area contributed by atoms with Crippen LogP contribution in [0.4, 0.5) is 16.2 Å². The molecular formula is C21H27N3O3. The van der Waals surface area contributed by atoms with Crippen molar-refractivity contribution in [3.05, 3.63) is 54.1 Å². The summed E-state index contributed by atoms with van der Waals surface area (Å²) in [6, 6.07) is 13.8. The average Bonchev–Trinajstić information content (AvgIpc) is 2.61. The molecule has 2 aromatic rings. The molecule has 1 unspecified atom stereocenters. The zero-order valence-electron chi connectivity index (χ0n) is 16.0. The summed E-state index contributed by atoms with van der Waals surface area (Å²) in [6.07, 6.45) is 1.58. The Balaban J connectivity index is 1.82. The standard InChI is InChI=1S/C21H27N3O3/c1-14(2)20(26)23-17-5-4-6-18(13-17)24-21(27)22-15(3)7-8-16-9-11-19(25)12-10-16/h4-6,9-15,25H,7-8H2,1-3H3,(H,23,26)(H2,22,24,27). The van der Waals surface area contributed by atoms with Gasteiger partial charge in [-0.25, -0.2) is 4.79 Å². The molecule has 0 fully saturated rings. The van der Waals surface area contributed by atoms with Gasteiger partial charge >= 0.3 is 6.03 Å². The van der Waals surface area contributed by atoms with Crippen LogP contribution in [0, 0.1) is 5.92 Å². The molecule has 4 N–H and O–H groups in total. The summed E-state index contributed by atoms with van der Waals surface area (Å²) in [5.41, 5.74) is 2.36. The van der Waals surface area contributed by atoms with Gasteiger partial charge in [0.15, 0.2) is 0 Å². The molecule has 0 heterocycles. The summed E-state index contributed by atoms with van der Waals surface area (Å²) in [6.45, 7) is 5.59. The van der Waals surface area contributed by atoms with Gasteiger partial charge in [-0.1, -0.05) is 32.0 Å². The molecule has 1 atom stereocenters. The molecule has 0 aliphatic rings. The van der Waals surface area contributed by atoms with Gasteiger partial charge in [-0.15, -0.1) is 0 Å². The maximum absolute atomic E-state index is 12.2. The molecule has 0 aliphatic heterocycles. The van der Waals surface area contributed by atoms with Crippen molar-refractivity contribution in [3.63, 3.8) is 0 Å². The smallest absolute Gasteiger partial charge is 0.319 e. The molecule has 0 spiro atoms. The van der Waals surface area contributed by atoms with Gasteiger partial charge in [-0.2, -0.15) is 0 Å². The molecule has 2 aromatic carbocycles. The van der Waals surface area contributed by atoms with E-state index in [4.69, 9.17) is 0 Å². The lowest BCUT2D eigenvalue weighted by Gasteiger charge is -2.15. The number of phenolic OH excluding ortho intramolecular Hbond substituents is 1. The summed E-state index contributed by atoms with van der Waals surface area (Å²) in [7, 11) is 0. The number of urea groups is 1. The number of hydrogen-bond donors (Lipinski definition) is 4. The average molecular weight is 369 g/mol. The molecule has 0 saturated heterocycles. The van der Waals surface area contributed by atoms with Crippen LogP contribution in [-0.4, -0.2) is 23.1 Å². The van der Waals surface area contributed by atoms with E-state index in [1.807, 2.05) is 32.9 Å². The van der Waals surface area contributed by atoms with Crippen molar-refractivity contribution >= 4 is 23.3 Å². The van der Waals surface area contributed by atoms with Gasteiger partial charge in [0, 0.05) is 23.3 Å². The summed E-state index contributed by atoms with van der Waals surface area (Å²) in [4.78, 5) is 24.0. The van der Waals surface area contributed by atoms with Gasteiger partial charge in [0.1, 0.15) is 5.75 Å². The number of phenols is 1. The molecule has 0 aliphatic carbocycles. The van der Waals surface area contributed by atoms with Crippen LogP contribution in [0.5, 0.6) is 5.75 Å². The van der Waals surface area contributed by atoms with E-state index >= 15 is 0 Å². The summed E-state index contributed by atoms with van der Waals surface area (Å²) in [5.74, 6) is 0.0647. The fraction of sp³-hybridized carbons (Fsp3) is 0.333. The zero-order chi connectivity index (χ0) is 19.8. The normalized spacial score (nSPS) is 11.7. The monoisotopic (exact) mass is 369 g/mol. The zero-order valence-corrected chi connectivity index (χ0v) is 16.0. The van der Waals surface area contributed by atoms with E-state index in [-0.39, 0.29) is 29.6 Å². The van der Waals surface area contributed by atoms with Gasteiger partial charge in [0.2, 0.25) is 5.91 Å². The maximum atomic E-state index is 12.2. The van der Waals surface area contributed by atoms with Gasteiger partial charge in [0.05, 0.1) is 0 Å². The maximum Gasteiger partial charge on any atom is 0.319 e. The van der Waals surface area contributed by atoms with Gasteiger partial charge < -0.3 is 21.1 Å². The van der Waals surface area contributed by atoms with Crippen LogP contribution in [-0.2, 0) is 11.2 Å². The highest BCUT2D eigenvalue weighted by Crippen LogP contribution is 2.16. The Morgan fingerprint density at radius 1 is 0.963 bits per heavy atom. The molecule has 0 bridgehead atoms. The van der Waals surface area contributed by atoms with Crippen molar-refractivity contribution in [1.82, 2.24) is 5.32 Å². The first-order valence-electron chi connectivity index (χ1n) is 9.10. The van der Waals surface area contributed by atoms with E-state index in [9.17, 15) is 14.7 Å². The Hall–Kier alpha value is -3.02. The summed E-state index contributed by atoms with van der Waals surface area (Å²) >= 11 is 0. The van der Waals surface area contributed by atoms with Gasteiger partial charge in [-0.05, 0) is 55.7 Å². The van der Waals surface area contributed by atoms with Crippen molar-refractivity contribution < 1.29 is 14.7 Å². The number of aromatic hydroxyl groups is 1. The van der Waals surface area contributed by atoms with Gasteiger partial charge in [-0.3, -0.25) is 4.79 Å². The fourth-order valence-electron chi connectivity index (χ4n) is 2.47. The minimum atomic E-state index is -0.291. The minimum absolute atomic E-state index is 0.0115. The Bertz CT molecular complexity index is 772. The Labute approximate surface area is 160 Å². The van der Waals surface area contributed by atoms with Crippen molar-refractivity contribution in [1.29, 1.82) is 0 Å². The second-order valence-corrected chi connectivity index (χ2v) is 6.93. The largest absolute Gasteiger partial charge is 0.508 e. The molecule has 0 aromatic heterocycles. The number of amides is 3. The lowest BCUT2D eigenvalue weighted by molar-refractivity contribution is -0.118. The van der Waals surface area contributed by atoms with Crippen molar-refractivity contribution in [2.75, 3.05) is 10.6 Å². The van der Waals surface area contributed by atoms with Crippen LogP contribution in [0.15, 0.2) is 48.5 Å². The second-order valence-electron chi connectivity index (χ2n) is 6.93. The molecule has 27 heavy (non-hydrogen) atoms. The Morgan fingerprint density at radius 3 is 2.22 bits per heavy atom. The third-order valence-electron chi connectivity index (χ3n) is 4.09. The number of carbonyl (C=O) groups excluding carboxylic acids is 2. The van der Waals surface area contributed by atoms with Crippen LogP contribution >= 0.6 is 0 Å². The SMILES string of the molecule is CC(CCc1ccc(O)cc1)NC(=O)Nc1cccc(NC(=O)C(C)C)c1. The highest BCUT2D eigenvalue weighted by Gasteiger charge is 2.10.